The van der Waals surface area contributed by atoms with Crippen LogP contribution in [0.1, 0.15) is 29.7 Å². The minimum absolute atomic E-state index is 0. The van der Waals surface area contributed by atoms with Crippen molar-refractivity contribution >= 4 is 57.3 Å². The van der Waals surface area contributed by atoms with E-state index in [0.717, 1.165) is 50.7 Å². The molecule has 0 unspecified atom stereocenters. The molecule has 1 aliphatic heterocycles. The fourth-order valence-electron chi connectivity index (χ4n) is 3.82. The van der Waals surface area contributed by atoms with Gasteiger partial charge in [-0.25, -0.2) is 4.98 Å². The molecule has 4 rings (SSSR count). The Hall–Kier alpha value is -1.81. The Labute approximate surface area is 199 Å². The van der Waals surface area contributed by atoms with E-state index in [-0.39, 0.29) is 24.0 Å². The lowest BCUT2D eigenvalue weighted by atomic mass is 10.1. The fourth-order valence-corrected chi connectivity index (χ4v) is 4.73. The highest BCUT2D eigenvalue weighted by Gasteiger charge is 2.15. The third kappa shape index (κ3) is 5.66. The smallest absolute Gasteiger partial charge is 0.190 e. The molecule has 8 heteroatoms. The zero-order valence-electron chi connectivity index (χ0n) is 17.7. The first-order valence-electron chi connectivity index (χ1n) is 10.4. The molecular formula is C22H31IN6S. The van der Waals surface area contributed by atoms with Crippen LogP contribution in [-0.2, 0) is 12.8 Å². The molecular weight excluding hydrogens is 507 g/mol. The molecule has 1 saturated heterocycles. The number of fused-ring (bicyclic) bond motifs is 1. The Kier molecular flexibility index (Phi) is 8.38. The number of aromatic amines is 1. The lowest BCUT2D eigenvalue weighted by Crippen LogP contribution is -2.39. The van der Waals surface area contributed by atoms with Crippen LogP contribution in [0.2, 0.25) is 0 Å². The van der Waals surface area contributed by atoms with Gasteiger partial charge in [0.2, 0.25) is 0 Å². The van der Waals surface area contributed by atoms with Crippen molar-refractivity contribution in [3.05, 3.63) is 46.6 Å². The molecule has 6 nitrogen and oxygen atoms in total. The summed E-state index contributed by atoms with van der Waals surface area (Å²) in [5.41, 5.74) is 4.98. The lowest BCUT2D eigenvalue weighted by molar-refractivity contribution is 0.778. The first-order chi connectivity index (χ1) is 14.2. The van der Waals surface area contributed by atoms with Gasteiger partial charge in [0, 0.05) is 62.1 Å². The molecule has 3 heterocycles. The number of aromatic nitrogens is 2. The zero-order chi connectivity index (χ0) is 20.1. The first kappa shape index (κ1) is 22.9. The van der Waals surface area contributed by atoms with Crippen LogP contribution < -0.4 is 15.5 Å². The molecule has 1 aromatic carbocycles. The Bertz CT molecular complexity index is 973. The van der Waals surface area contributed by atoms with E-state index in [1.54, 1.807) is 11.3 Å². The van der Waals surface area contributed by atoms with Gasteiger partial charge in [-0.2, -0.15) is 0 Å². The summed E-state index contributed by atoms with van der Waals surface area (Å²) in [7, 11) is 1.82. The molecule has 0 aliphatic carbocycles. The minimum atomic E-state index is 0. The number of thiazole rings is 1. The Morgan fingerprint density at radius 2 is 1.97 bits per heavy atom. The second-order valence-electron chi connectivity index (χ2n) is 7.60. The van der Waals surface area contributed by atoms with E-state index in [2.05, 4.69) is 62.2 Å². The van der Waals surface area contributed by atoms with E-state index in [4.69, 9.17) is 4.98 Å². The number of rotatable bonds is 7. The van der Waals surface area contributed by atoms with Crippen LogP contribution in [0.3, 0.4) is 0 Å². The van der Waals surface area contributed by atoms with Crippen LogP contribution in [-0.4, -0.2) is 49.2 Å². The van der Waals surface area contributed by atoms with Gasteiger partial charge >= 0.3 is 0 Å². The molecule has 0 atom stereocenters. The third-order valence-electron chi connectivity index (χ3n) is 5.42. The summed E-state index contributed by atoms with van der Waals surface area (Å²) < 4.78 is 0. The maximum Gasteiger partial charge on any atom is 0.190 e. The molecule has 30 heavy (non-hydrogen) atoms. The average Bonchev–Trinajstić information content (AvgIpc) is 3.47. The number of nitrogens with zero attached hydrogens (tertiary/aromatic N) is 3. The minimum Gasteiger partial charge on any atom is -0.361 e. The topological polar surface area (TPSA) is 68.3 Å². The molecule has 0 amide bonds. The number of benzene rings is 1. The number of hydrogen-bond donors (Lipinski definition) is 3. The highest BCUT2D eigenvalue weighted by Crippen LogP contribution is 2.24. The number of aryl methyl sites for hydroxylation is 1. The van der Waals surface area contributed by atoms with E-state index in [0.29, 0.717) is 0 Å². The number of hydrogen-bond acceptors (Lipinski definition) is 4. The molecule has 162 valence electrons. The number of aliphatic imine (C=N–C) groups is 1. The SMILES string of the molecule is CN=C(NCCc1csc(N2CCCC2)n1)NCCc1c[nH]c2cc(C)ccc12.I. The van der Waals surface area contributed by atoms with E-state index in [9.17, 15) is 0 Å². The Balaban J connectivity index is 0.00000256. The maximum atomic E-state index is 4.79. The lowest BCUT2D eigenvalue weighted by Gasteiger charge is -2.12. The largest absolute Gasteiger partial charge is 0.361 e. The van der Waals surface area contributed by atoms with Gasteiger partial charge in [-0.15, -0.1) is 35.3 Å². The van der Waals surface area contributed by atoms with Crippen LogP contribution in [0.15, 0.2) is 34.8 Å². The highest BCUT2D eigenvalue weighted by molar-refractivity contribution is 14.0. The number of anilines is 1. The summed E-state index contributed by atoms with van der Waals surface area (Å²) in [6.07, 6.45) is 6.55. The Morgan fingerprint density at radius 1 is 1.20 bits per heavy atom. The summed E-state index contributed by atoms with van der Waals surface area (Å²) in [5, 5.41) is 11.5. The van der Waals surface area contributed by atoms with E-state index in [1.165, 1.54) is 40.0 Å². The van der Waals surface area contributed by atoms with Crippen molar-refractivity contribution in [2.75, 3.05) is 38.1 Å². The quantitative estimate of drug-likeness (QED) is 0.241. The van der Waals surface area contributed by atoms with Crippen molar-refractivity contribution in [1.82, 2.24) is 20.6 Å². The van der Waals surface area contributed by atoms with Crippen LogP contribution >= 0.6 is 35.3 Å². The molecule has 0 spiro atoms. The molecule has 0 bridgehead atoms. The van der Waals surface area contributed by atoms with Crippen LogP contribution in [0.25, 0.3) is 10.9 Å². The van der Waals surface area contributed by atoms with Crippen molar-refractivity contribution in [3.63, 3.8) is 0 Å². The summed E-state index contributed by atoms with van der Waals surface area (Å²) >= 11 is 1.76. The standard InChI is InChI=1S/C22H30N6S.HI/c1-16-5-6-19-17(14-26-20(19)13-16)7-9-24-21(23-2)25-10-8-18-15-29-22(27-18)28-11-3-4-12-28;/h5-6,13-15,26H,3-4,7-12H2,1-2H3,(H2,23,24,25);1H. The van der Waals surface area contributed by atoms with Gasteiger partial charge in [-0.1, -0.05) is 12.1 Å². The molecule has 0 saturated carbocycles. The predicted octanol–water partition coefficient (Wildman–Crippen LogP) is 4.10. The first-order valence-corrected chi connectivity index (χ1v) is 11.3. The van der Waals surface area contributed by atoms with Crippen LogP contribution in [0.4, 0.5) is 5.13 Å². The van der Waals surface area contributed by atoms with Crippen molar-refractivity contribution in [3.8, 4) is 0 Å². The molecule has 1 aliphatic rings. The molecule has 3 N–H and O–H groups in total. The monoisotopic (exact) mass is 538 g/mol. The van der Waals surface area contributed by atoms with Crippen molar-refractivity contribution in [2.45, 2.75) is 32.6 Å². The second kappa shape index (κ2) is 11.0. The predicted molar refractivity (Wildman–Crippen MR) is 139 cm³/mol. The normalized spacial score (nSPS) is 14.2. The van der Waals surface area contributed by atoms with Gasteiger partial charge < -0.3 is 20.5 Å². The van der Waals surface area contributed by atoms with E-state index >= 15 is 0 Å². The van der Waals surface area contributed by atoms with Crippen LogP contribution in [0, 0.1) is 6.92 Å². The van der Waals surface area contributed by atoms with Crippen molar-refractivity contribution in [1.29, 1.82) is 0 Å². The summed E-state index contributed by atoms with van der Waals surface area (Å²) in [5.74, 6) is 0.843. The number of H-pyrrole nitrogens is 1. The van der Waals surface area contributed by atoms with Gasteiger partial charge in [0.1, 0.15) is 0 Å². The summed E-state index contributed by atoms with van der Waals surface area (Å²) in [6, 6.07) is 6.56. The third-order valence-corrected chi connectivity index (χ3v) is 6.37. The Morgan fingerprint density at radius 3 is 2.73 bits per heavy atom. The maximum absolute atomic E-state index is 4.79. The average molecular weight is 539 g/mol. The summed E-state index contributed by atoms with van der Waals surface area (Å²) in [6.45, 7) is 6.09. The van der Waals surface area contributed by atoms with Gasteiger partial charge in [-0.05, 0) is 43.4 Å². The van der Waals surface area contributed by atoms with Gasteiger partial charge in [0.05, 0.1) is 5.69 Å². The van der Waals surface area contributed by atoms with Crippen molar-refractivity contribution in [2.24, 2.45) is 4.99 Å². The van der Waals surface area contributed by atoms with Gasteiger partial charge in [-0.3, -0.25) is 4.99 Å². The molecule has 0 radical (unpaired) electrons. The second-order valence-corrected chi connectivity index (χ2v) is 8.44. The van der Waals surface area contributed by atoms with Gasteiger partial charge in [0.25, 0.3) is 0 Å². The number of nitrogens with one attached hydrogen (secondary N) is 3. The highest BCUT2D eigenvalue weighted by atomic mass is 127. The molecule has 3 aromatic rings. The number of guanidine groups is 1. The fraction of sp³-hybridized carbons (Fsp3) is 0.455. The number of halogens is 1. The zero-order valence-corrected chi connectivity index (χ0v) is 20.8. The van der Waals surface area contributed by atoms with Gasteiger partial charge in [0.15, 0.2) is 11.1 Å². The molecule has 1 fully saturated rings. The summed E-state index contributed by atoms with van der Waals surface area (Å²) in [4.78, 5) is 14.9. The molecule has 2 aromatic heterocycles. The van der Waals surface area contributed by atoms with Crippen LogP contribution in [0.5, 0.6) is 0 Å². The van der Waals surface area contributed by atoms with Crippen molar-refractivity contribution < 1.29 is 0 Å². The van der Waals surface area contributed by atoms with E-state index in [1.807, 2.05) is 7.05 Å². The van der Waals surface area contributed by atoms with E-state index < -0.39 is 0 Å².